The van der Waals surface area contributed by atoms with Gasteiger partial charge in [-0.15, -0.1) is 0 Å². The molecule has 2 N–H and O–H groups in total. The highest BCUT2D eigenvalue weighted by Gasteiger charge is 2.33. The first kappa shape index (κ1) is 20.9. The Hall–Kier alpha value is -2.17. The number of benzene rings is 1. The van der Waals surface area contributed by atoms with Crippen LogP contribution in [0.2, 0.25) is 0 Å². The first-order valence-corrected chi connectivity index (χ1v) is 8.41. The van der Waals surface area contributed by atoms with E-state index in [0.29, 0.717) is 11.1 Å². The molecule has 0 radical (unpaired) electrons. The molecule has 0 amide bonds. The van der Waals surface area contributed by atoms with Crippen molar-refractivity contribution in [2.75, 3.05) is 0 Å². The topological polar surface area (TPSA) is 91.7 Å². The number of phenolic OH excluding ortho intramolecular Hbond substituents is 1. The summed E-state index contributed by atoms with van der Waals surface area (Å²) < 4.78 is 0. The van der Waals surface area contributed by atoms with Gasteiger partial charge in [0.15, 0.2) is 5.78 Å². The van der Waals surface area contributed by atoms with Crippen molar-refractivity contribution >= 4 is 17.5 Å². The number of ketones is 2. The van der Waals surface area contributed by atoms with Crippen molar-refractivity contribution in [1.29, 1.82) is 0 Å². The molecule has 0 bridgehead atoms. The third-order valence-electron chi connectivity index (χ3n) is 4.26. The van der Waals surface area contributed by atoms with Crippen LogP contribution in [0.15, 0.2) is 12.1 Å². The number of carboxylic acid groups (broad SMARTS) is 1. The van der Waals surface area contributed by atoms with Crippen molar-refractivity contribution < 1.29 is 24.6 Å². The lowest BCUT2D eigenvalue weighted by Gasteiger charge is -2.28. The summed E-state index contributed by atoms with van der Waals surface area (Å²) in [5.41, 5.74) is 0.619. The molecule has 0 aliphatic carbocycles. The van der Waals surface area contributed by atoms with Gasteiger partial charge in [-0.2, -0.15) is 0 Å². The summed E-state index contributed by atoms with van der Waals surface area (Å²) in [5, 5.41) is 19.6. The highest BCUT2D eigenvalue weighted by Crippen LogP contribution is 2.40. The molecule has 0 saturated heterocycles. The Kier molecular flexibility index (Phi) is 5.83. The number of aliphatic carboxylic acids is 1. The minimum absolute atomic E-state index is 0.112. The Morgan fingerprint density at radius 3 is 1.64 bits per heavy atom. The van der Waals surface area contributed by atoms with E-state index in [2.05, 4.69) is 0 Å². The standard InChI is InChI=1S/C20H28O5/c1-8-12(16(22)18(24)25)15(21)11-9-13(19(2,3)4)17(23)14(10-11)20(5,6)7/h9-10,12,23H,8H2,1-7H3,(H,24,25). The van der Waals surface area contributed by atoms with Crippen LogP contribution in [0.5, 0.6) is 5.75 Å². The number of rotatable bonds is 5. The van der Waals surface area contributed by atoms with Gasteiger partial charge in [0.25, 0.3) is 5.78 Å². The maximum Gasteiger partial charge on any atom is 0.372 e. The zero-order valence-electron chi connectivity index (χ0n) is 16.1. The quantitative estimate of drug-likeness (QED) is 0.479. The molecular formula is C20H28O5. The second-order valence-corrected chi connectivity index (χ2v) is 8.41. The minimum atomic E-state index is -1.61. The molecule has 0 aromatic heterocycles. The number of Topliss-reactive ketones (excluding diaryl/α,β-unsaturated/α-hetero) is 2. The van der Waals surface area contributed by atoms with E-state index >= 15 is 0 Å². The summed E-state index contributed by atoms with van der Waals surface area (Å²) in [5.74, 6) is -4.32. The van der Waals surface area contributed by atoms with Gasteiger partial charge in [0.05, 0.1) is 5.92 Å². The second kappa shape index (κ2) is 6.98. The number of carboxylic acids is 1. The molecule has 0 aliphatic heterocycles. The second-order valence-electron chi connectivity index (χ2n) is 8.41. The molecule has 0 saturated carbocycles. The van der Waals surface area contributed by atoms with Gasteiger partial charge in [-0.1, -0.05) is 48.5 Å². The maximum absolute atomic E-state index is 12.8. The summed E-state index contributed by atoms with van der Waals surface area (Å²) in [6, 6.07) is 3.15. The van der Waals surface area contributed by atoms with Gasteiger partial charge in [0.1, 0.15) is 5.75 Å². The molecule has 25 heavy (non-hydrogen) atoms. The van der Waals surface area contributed by atoms with Crippen molar-refractivity contribution in [1.82, 2.24) is 0 Å². The van der Waals surface area contributed by atoms with Gasteiger partial charge in [0.2, 0.25) is 0 Å². The summed E-state index contributed by atoms with van der Waals surface area (Å²) in [6.45, 7) is 13.1. The van der Waals surface area contributed by atoms with E-state index in [9.17, 15) is 19.5 Å². The van der Waals surface area contributed by atoms with Gasteiger partial charge in [0, 0.05) is 16.7 Å². The van der Waals surface area contributed by atoms with Crippen LogP contribution >= 0.6 is 0 Å². The number of carbonyl (C=O) groups is 3. The lowest BCUT2D eigenvalue weighted by Crippen LogP contribution is -2.30. The highest BCUT2D eigenvalue weighted by molar-refractivity contribution is 6.38. The molecule has 1 rings (SSSR count). The van der Waals surface area contributed by atoms with Gasteiger partial charge in [-0.25, -0.2) is 4.79 Å². The third-order valence-corrected chi connectivity index (χ3v) is 4.26. The van der Waals surface area contributed by atoms with Gasteiger partial charge in [-0.3, -0.25) is 9.59 Å². The highest BCUT2D eigenvalue weighted by atomic mass is 16.4. The normalized spacial score (nSPS) is 13.4. The van der Waals surface area contributed by atoms with E-state index < -0.39 is 34.3 Å². The molecule has 1 aromatic carbocycles. The van der Waals surface area contributed by atoms with Crippen LogP contribution in [0.25, 0.3) is 0 Å². The first-order chi connectivity index (χ1) is 11.2. The van der Waals surface area contributed by atoms with Crippen LogP contribution in [0.4, 0.5) is 0 Å². The van der Waals surface area contributed by atoms with Crippen molar-refractivity contribution in [2.45, 2.75) is 65.7 Å². The fourth-order valence-electron chi connectivity index (χ4n) is 2.76. The molecule has 138 valence electrons. The maximum atomic E-state index is 12.8. The monoisotopic (exact) mass is 348 g/mol. The van der Waals surface area contributed by atoms with Crippen molar-refractivity contribution in [3.05, 3.63) is 28.8 Å². The molecule has 0 heterocycles. The average Bonchev–Trinajstić information content (AvgIpc) is 2.45. The van der Waals surface area contributed by atoms with Crippen LogP contribution in [-0.4, -0.2) is 27.7 Å². The molecule has 1 unspecified atom stereocenters. The van der Waals surface area contributed by atoms with Crippen molar-refractivity contribution in [3.63, 3.8) is 0 Å². The largest absolute Gasteiger partial charge is 0.507 e. The van der Waals surface area contributed by atoms with Gasteiger partial charge >= 0.3 is 5.97 Å². The van der Waals surface area contributed by atoms with Crippen LogP contribution < -0.4 is 0 Å². The Morgan fingerprint density at radius 1 is 0.960 bits per heavy atom. The molecular weight excluding hydrogens is 320 g/mol. The first-order valence-electron chi connectivity index (χ1n) is 8.41. The Balaban J connectivity index is 3.63. The SMILES string of the molecule is CCC(C(=O)C(=O)O)C(=O)c1cc(C(C)(C)C)c(O)c(C(C)(C)C)c1. The van der Waals surface area contributed by atoms with Gasteiger partial charge < -0.3 is 10.2 Å². The number of aromatic hydroxyl groups is 1. The molecule has 1 atom stereocenters. The van der Waals surface area contributed by atoms with Crippen molar-refractivity contribution in [2.24, 2.45) is 5.92 Å². The number of hydrogen-bond acceptors (Lipinski definition) is 4. The lowest BCUT2D eigenvalue weighted by molar-refractivity contribution is -0.150. The summed E-state index contributed by atoms with van der Waals surface area (Å²) >= 11 is 0. The van der Waals surface area contributed by atoms with Crippen LogP contribution in [0.3, 0.4) is 0 Å². The van der Waals surface area contributed by atoms with Crippen LogP contribution in [0.1, 0.15) is 76.4 Å². The summed E-state index contributed by atoms with van der Waals surface area (Å²) in [6.07, 6.45) is 0.112. The van der Waals surface area contributed by atoms with Crippen LogP contribution in [-0.2, 0) is 20.4 Å². The average molecular weight is 348 g/mol. The van der Waals surface area contributed by atoms with Crippen molar-refractivity contribution in [3.8, 4) is 5.75 Å². The zero-order chi connectivity index (χ0) is 19.7. The number of hydrogen-bond donors (Lipinski definition) is 2. The number of carbonyl (C=O) groups excluding carboxylic acids is 2. The molecule has 1 aromatic rings. The molecule has 0 fully saturated rings. The third kappa shape index (κ3) is 4.47. The molecule has 5 heteroatoms. The molecule has 0 spiro atoms. The van der Waals surface area contributed by atoms with E-state index in [-0.39, 0.29) is 17.7 Å². The predicted octanol–water partition coefficient (Wildman–Crippen LogP) is 3.85. The smallest absolute Gasteiger partial charge is 0.372 e. The van der Waals surface area contributed by atoms with E-state index in [1.165, 1.54) is 0 Å². The van der Waals surface area contributed by atoms with E-state index in [4.69, 9.17) is 5.11 Å². The Labute approximate surface area is 149 Å². The van der Waals surface area contributed by atoms with E-state index in [0.717, 1.165) is 0 Å². The fraction of sp³-hybridized carbons (Fsp3) is 0.550. The fourth-order valence-corrected chi connectivity index (χ4v) is 2.76. The van der Waals surface area contributed by atoms with Crippen LogP contribution in [0, 0.1) is 5.92 Å². The van der Waals surface area contributed by atoms with E-state index in [1.54, 1.807) is 19.1 Å². The summed E-state index contributed by atoms with van der Waals surface area (Å²) in [4.78, 5) is 35.7. The minimum Gasteiger partial charge on any atom is -0.507 e. The summed E-state index contributed by atoms with van der Waals surface area (Å²) in [7, 11) is 0. The molecule has 0 aliphatic rings. The number of phenols is 1. The molecule has 5 nitrogen and oxygen atoms in total. The van der Waals surface area contributed by atoms with E-state index in [1.807, 2.05) is 41.5 Å². The predicted molar refractivity (Wildman–Crippen MR) is 96.3 cm³/mol. The zero-order valence-corrected chi connectivity index (χ0v) is 16.1. The lowest BCUT2D eigenvalue weighted by atomic mass is 9.77. The Morgan fingerprint density at radius 2 is 1.36 bits per heavy atom. The Bertz CT molecular complexity index is 667. The van der Waals surface area contributed by atoms with Gasteiger partial charge in [-0.05, 0) is 29.4 Å².